The molecule has 0 fully saturated rings. The summed E-state index contributed by atoms with van der Waals surface area (Å²) in [5.74, 6) is -0.343. The summed E-state index contributed by atoms with van der Waals surface area (Å²) < 4.78 is 3.28. The minimum absolute atomic E-state index is 0.104. The van der Waals surface area contributed by atoms with Crippen molar-refractivity contribution in [2.24, 2.45) is 7.05 Å². The lowest BCUT2D eigenvalue weighted by atomic mass is 10.1. The summed E-state index contributed by atoms with van der Waals surface area (Å²) in [5, 5.41) is 5.38. The first-order chi connectivity index (χ1) is 17.9. The molecule has 2 amide bonds. The molecule has 1 atom stereocenters. The molecular formula is C29H30N4O3S. The molecule has 8 heteroatoms. The number of rotatable bonds is 9. The second kappa shape index (κ2) is 11.8. The van der Waals surface area contributed by atoms with Gasteiger partial charge in [-0.1, -0.05) is 61.5 Å². The van der Waals surface area contributed by atoms with Gasteiger partial charge in [-0.15, -0.1) is 11.8 Å². The molecule has 1 heterocycles. The Labute approximate surface area is 220 Å². The monoisotopic (exact) mass is 514 g/mol. The summed E-state index contributed by atoms with van der Waals surface area (Å²) in [6.45, 7) is 3.75. The maximum absolute atomic E-state index is 13.2. The standard InChI is InChI=1S/C29H30N4O3S/c1-4-25(28(35)31-27-20(2)32(3)33(29(27)36)23-15-9-6-10-16-23)37-24-17-11-14-22(19-24)30-26(34)18-21-12-7-5-8-13-21/h5-17,19,25H,4,18H2,1-3H3,(H,30,34)(H,31,35). The maximum atomic E-state index is 13.2. The van der Waals surface area contributed by atoms with E-state index in [0.29, 0.717) is 17.8 Å². The van der Waals surface area contributed by atoms with E-state index in [0.717, 1.165) is 16.1 Å². The molecule has 0 saturated carbocycles. The number of aromatic nitrogens is 2. The van der Waals surface area contributed by atoms with Gasteiger partial charge in [0.05, 0.1) is 23.1 Å². The van der Waals surface area contributed by atoms with Crippen LogP contribution in [-0.2, 0) is 23.1 Å². The maximum Gasteiger partial charge on any atom is 0.295 e. The van der Waals surface area contributed by atoms with Gasteiger partial charge in [-0.05, 0) is 49.2 Å². The van der Waals surface area contributed by atoms with E-state index >= 15 is 0 Å². The molecule has 4 aromatic rings. The van der Waals surface area contributed by atoms with E-state index in [1.807, 2.05) is 98.8 Å². The highest BCUT2D eigenvalue weighted by molar-refractivity contribution is 8.00. The lowest BCUT2D eigenvalue weighted by Gasteiger charge is -2.15. The number of anilines is 2. The van der Waals surface area contributed by atoms with Gasteiger partial charge in [-0.3, -0.25) is 19.1 Å². The zero-order valence-electron chi connectivity index (χ0n) is 21.1. The lowest BCUT2D eigenvalue weighted by molar-refractivity contribution is -0.116. The summed E-state index contributed by atoms with van der Waals surface area (Å²) in [5.41, 5.74) is 3.01. The molecule has 3 aromatic carbocycles. The Balaban J connectivity index is 1.45. The molecule has 0 aliphatic heterocycles. The number of thioether (sulfide) groups is 1. The predicted octanol–water partition coefficient (Wildman–Crippen LogP) is 5.18. The third-order valence-electron chi connectivity index (χ3n) is 6.07. The number of para-hydroxylation sites is 1. The zero-order chi connectivity index (χ0) is 26.4. The summed E-state index contributed by atoms with van der Waals surface area (Å²) in [4.78, 5) is 39.7. The van der Waals surface area contributed by atoms with Crippen molar-refractivity contribution < 1.29 is 9.59 Å². The fourth-order valence-corrected chi connectivity index (χ4v) is 5.05. The number of nitrogens with zero attached hydrogens (tertiary/aromatic N) is 2. The van der Waals surface area contributed by atoms with Crippen LogP contribution in [0.25, 0.3) is 5.69 Å². The third kappa shape index (κ3) is 6.21. The largest absolute Gasteiger partial charge is 0.326 e. The van der Waals surface area contributed by atoms with E-state index < -0.39 is 5.25 Å². The van der Waals surface area contributed by atoms with Gasteiger partial charge in [0.15, 0.2) is 0 Å². The highest BCUT2D eigenvalue weighted by Crippen LogP contribution is 2.29. The van der Waals surface area contributed by atoms with Crippen molar-refractivity contribution in [3.05, 3.63) is 107 Å². The minimum Gasteiger partial charge on any atom is -0.326 e. The van der Waals surface area contributed by atoms with Crippen LogP contribution >= 0.6 is 11.8 Å². The van der Waals surface area contributed by atoms with E-state index in [4.69, 9.17) is 0 Å². The van der Waals surface area contributed by atoms with Crippen molar-refractivity contribution in [2.45, 2.75) is 36.8 Å². The molecule has 0 bridgehead atoms. The lowest BCUT2D eigenvalue weighted by Crippen LogP contribution is -2.28. The SMILES string of the molecule is CCC(Sc1cccc(NC(=O)Cc2ccccc2)c1)C(=O)Nc1c(C)n(C)n(-c2ccccc2)c1=O. The number of hydrogen-bond donors (Lipinski definition) is 2. The first-order valence-corrected chi connectivity index (χ1v) is 13.0. The highest BCUT2D eigenvalue weighted by atomic mass is 32.2. The van der Waals surface area contributed by atoms with Crippen LogP contribution in [0.15, 0.2) is 94.6 Å². The molecule has 190 valence electrons. The molecule has 0 saturated heterocycles. The predicted molar refractivity (Wildman–Crippen MR) is 150 cm³/mol. The number of benzene rings is 3. The molecule has 37 heavy (non-hydrogen) atoms. The van der Waals surface area contributed by atoms with Gasteiger partial charge < -0.3 is 10.6 Å². The normalized spacial score (nSPS) is 11.6. The van der Waals surface area contributed by atoms with Crippen LogP contribution in [0.2, 0.25) is 0 Å². The van der Waals surface area contributed by atoms with Gasteiger partial charge in [0.2, 0.25) is 11.8 Å². The molecule has 0 spiro atoms. The molecule has 1 aromatic heterocycles. The minimum atomic E-state index is -0.417. The van der Waals surface area contributed by atoms with E-state index in [1.54, 1.807) is 16.4 Å². The second-order valence-corrected chi connectivity index (χ2v) is 9.96. The smallest absolute Gasteiger partial charge is 0.295 e. The fraction of sp³-hybridized carbons (Fsp3) is 0.207. The van der Waals surface area contributed by atoms with Crippen molar-refractivity contribution in [2.75, 3.05) is 10.6 Å². The van der Waals surface area contributed by atoms with Crippen molar-refractivity contribution in [3.63, 3.8) is 0 Å². The van der Waals surface area contributed by atoms with Crippen LogP contribution in [0.5, 0.6) is 0 Å². The van der Waals surface area contributed by atoms with Crippen LogP contribution < -0.4 is 16.2 Å². The Hall–Kier alpha value is -4.04. The van der Waals surface area contributed by atoms with Gasteiger partial charge in [0.1, 0.15) is 5.69 Å². The molecule has 1 unspecified atom stereocenters. The highest BCUT2D eigenvalue weighted by Gasteiger charge is 2.23. The summed E-state index contributed by atoms with van der Waals surface area (Å²) in [6.07, 6.45) is 0.856. The average molecular weight is 515 g/mol. The molecule has 0 radical (unpaired) electrons. The van der Waals surface area contributed by atoms with E-state index in [9.17, 15) is 14.4 Å². The first-order valence-electron chi connectivity index (χ1n) is 12.1. The van der Waals surface area contributed by atoms with Crippen LogP contribution in [0.4, 0.5) is 11.4 Å². The summed E-state index contributed by atoms with van der Waals surface area (Å²) in [6, 6.07) is 26.3. The number of amides is 2. The number of nitrogens with one attached hydrogen (secondary N) is 2. The van der Waals surface area contributed by atoms with Crippen LogP contribution in [0.3, 0.4) is 0 Å². The van der Waals surface area contributed by atoms with Crippen molar-refractivity contribution >= 4 is 35.0 Å². The molecule has 7 nitrogen and oxygen atoms in total. The summed E-state index contributed by atoms with van der Waals surface area (Å²) >= 11 is 1.40. The number of hydrogen-bond acceptors (Lipinski definition) is 4. The van der Waals surface area contributed by atoms with Gasteiger partial charge in [-0.2, -0.15) is 0 Å². The number of carbonyl (C=O) groups excluding carboxylic acids is 2. The van der Waals surface area contributed by atoms with Gasteiger partial charge in [-0.25, -0.2) is 4.68 Å². The molecule has 0 aliphatic rings. The fourth-order valence-electron chi connectivity index (χ4n) is 4.04. The van der Waals surface area contributed by atoms with E-state index in [1.165, 1.54) is 11.8 Å². The number of carbonyl (C=O) groups is 2. The van der Waals surface area contributed by atoms with Crippen molar-refractivity contribution in [1.82, 2.24) is 9.36 Å². The van der Waals surface area contributed by atoms with Crippen LogP contribution in [-0.4, -0.2) is 26.4 Å². The van der Waals surface area contributed by atoms with Gasteiger partial charge in [0.25, 0.3) is 5.56 Å². The molecule has 2 N–H and O–H groups in total. The molecular weight excluding hydrogens is 484 g/mol. The Morgan fingerprint density at radius 2 is 1.59 bits per heavy atom. The average Bonchev–Trinajstić information content (AvgIpc) is 3.11. The van der Waals surface area contributed by atoms with Crippen LogP contribution in [0.1, 0.15) is 24.6 Å². The van der Waals surface area contributed by atoms with E-state index in [2.05, 4.69) is 10.6 Å². The Bertz CT molecular complexity index is 1450. The second-order valence-electron chi connectivity index (χ2n) is 8.68. The molecule has 4 rings (SSSR count). The van der Waals surface area contributed by atoms with Crippen LogP contribution in [0, 0.1) is 6.92 Å². The van der Waals surface area contributed by atoms with E-state index in [-0.39, 0.29) is 29.5 Å². The Morgan fingerprint density at radius 3 is 2.27 bits per heavy atom. The Kier molecular flexibility index (Phi) is 8.30. The topological polar surface area (TPSA) is 85.1 Å². The quantitative estimate of drug-likeness (QED) is 0.302. The molecule has 0 aliphatic carbocycles. The van der Waals surface area contributed by atoms with Crippen molar-refractivity contribution in [3.8, 4) is 5.69 Å². The Morgan fingerprint density at radius 1 is 0.919 bits per heavy atom. The van der Waals surface area contributed by atoms with Gasteiger partial charge >= 0.3 is 0 Å². The zero-order valence-corrected chi connectivity index (χ0v) is 21.9. The first kappa shape index (κ1) is 26.0. The van der Waals surface area contributed by atoms with Gasteiger partial charge in [0, 0.05) is 17.6 Å². The van der Waals surface area contributed by atoms with Crippen molar-refractivity contribution in [1.29, 1.82) is 0 Å². The summed E-state index contributed by atoms with van der Waals surface area (Å²) in [7, 11) is 1.79. The third-order valence-corrected chi connectivity index (χ3v) is 7.43.